The fraction of sp³-hybridized carbons (Fsp3) is 0.647. The molecular formula is C17H27BrN2. The van der Waals surface area contributed by atoms with Crippen LogP contribution in [0.1, 0.15) is 45.1 Å². The lowest BCUT2D eigenvalue weighted by Gasteiger charge is -2.40. The predicted molar refractivity (Wildman–Crippen MR) is 91.3 cm³/mol. The Morgan fingerprint density at radius 1 is 1.30 bits per heavy atom. The van der Waals surface area contributed by atoms with E-state index in [1.165, 1.54) is 41.4 Å². The van der Waals surface area contributed by atoms with Crippen molar-refractivity contribution in [2.24, 2.45) is 5.41 Å². The van der Waals surface area contributed by atoms with Crippen LogP contribution in [0, 0.1) is 5.41 Å². The monoisotopic (exact) mass is 338 g/mol. The summed E-state index contributed by atoms with van der Waals surface area (Å²) in [6.07, 6.45) is 5.26. The SMILES string of the molecule is CNCc1ccc(N(C)C2CCC(C)(C)CC2)c(Br)c1. The van der Waals surface area contributed by atoms with Crippen LogP contribution in [0.25, 0.3) is 0 Å². The van der Waals surface area contributed by atoms with Crippen molar-refractivity contribution in [2.75, 3.05) is 19.0 Å². The molecule has 0 spiro atoms. The van der Waals surface area contributed by atoms with Gasteiger partial charge in [0.25, 0.3) is 0 Å². The van der Waals surface area contributed by atoms with Crippen LogP contribution in [0.5, 0.6) is 0 Å². The third-order valence-corrected chi connectivity index (χ3v) is 5.26. The van der Waals surface area contributed by atoms with Gasteiger partial charge in [-0.1, -0.05) is 19.9 Å². The molecule has 0 aliphatic heterocycles. The molecule has 0 radical (unpaired) electrons. The van der Waals surface area contributed by atoms with Crippen molar-refractivity contribution in [3.05, 3.63) is 28.2 Å². The number of hydrogen-bond acceptors (Lipinski definition) is 2. The van der Waals surface area contributed by atoms with Crippen molar-refractivity contribution in [3.63, 3.8) is 0 Å². The van der Waals surface area contributed by atoms with Gasteiger partial charge < -0.3 is 10.2 Å². The fourth-order valence-electron chi connectivity index (χ4n) is 3.12. The van der Waals surface area contributed by atoms with E-state index in [1.807, 2.05) is 7.05 Å². The van der Waals surface area contributed by atoms with Gasteiger partial charge in [-0.2, -0.15) is 0 Å². The molecule has 2 nitrogen and oxygen atoms in total. The molecule has 0 atom stereocenters. The van der Waals surface area contributed by atoms with Gasteiger partial charge in [-0.25, -0.2) is 0 Å². The molecule has 0 saturated heterocycles. The van der Waals surface area contributed by atoms with E-state index in [2.05, 4.69) is 65.2 Å². The van der Waals surface area contributed by atoms with Crippen molar-refractivity contribution >= 4 is 21.6 Å². The van der Waals surface area contributed by atoms with Crippen LogP contribution in [0.3, 0.4) is 0 Å². The first-order valence-electron chi connectivity index (χ1n) is 7.59. The Kier molecular flexibility index (Phi) is 5.14. The van der Waals surface area contributed by atoms with E-state index in [1.54, 1.807) is 0 Å². The predicted octanol–water partition coefficient (Wildman–Crippen LogP) is 4.57. The van der Waals surface area contributed by atoms with Crippen LogP contribution in [0.2, 0.25) is 0 Å². The van der Waals surface area contributed by atoms with E-state index in [-0.39, 0.29) is 0 Å². The Morgan fingerprint density at radius 2 is 1.95 bits per heavy atom. The van der Waals surface area contributed by atoms with Crippen molar-refractivity contribution in [2.45, 2.75) is 52.1 Å². The molecule has 0 unspecified atom stereocenters. The van der Waals surface area contributed by atoms with E-state index >= 15 is 0 Å². The first kappa shape index (κ1) is 15.8. The molecule has 3 heteroatoms. The Labute approximate surface area is 132 Å². The van der Waals surface area contributed by atoms with Gasteiger partial charge >= 0.3 is 0 Å². The molecule has 0 heterocycles. The van der Waals surface area contributed by atoms with E-state index in [4.69, 9.17) is 0 Å². The lowest BCUT2D eigenvalue weighted by Crippen LogP contribution is -2.37. The number of hydrogen-bond donors (Lipinski definition) is 1. The van der Waals surface area contributed by atoms with Gasteiger partial charge in [0, 0.05) is 24.1 Å². The zero-order valence-corrected chi connectivity index (χ0v) is 14.8. The second-order valence-electron chi connectivity index (χ2n) is 6.82. The number of rotatable bonds is 4. The number of benzene rings is 1. The normalized spacial score (nSPS) is 19.1. The van der Waals surface area contributed by atoms with Crippen LogP contribution in [-0.2, 0) is 6.54 Å². The topological polar surface area (TPSA) is 15.3 Å². The fourth-order valence-corrected chi connectivity index (χ4v) is 3.82. The van der Waals surface area contributed by atoms with Gasteiger partial charge in [0.2, 0.25) is 0 Å². The van der Waals surface area contributed by atoms with Crippen LogP contribution in [-0.4, -0.2) is 20.1 Å². The maximum Gasteiger partial charge on any atom is 0.0510 e. The van der Waals surface area contributed by atoms with Crippen molar-refractivity contribution in [1.29, 1.82) is 0 Å². The summed E-state index contributed by atoms with van der Waals surface area (Å²) in [4.78, 5) is 2.46. The summed E-state index contributed by atoms with van der Waals surface area (Å²) in [6.45, 7) is 5.71. The average Bonchev–Trinajstić information content (AvgIpc) is 2.38. The number of anilines is 1. The quantitative estimate of drug-likeness (QED) is 0.864. The van der Waals surface area contributed by atoms with E-state index in [0.717, 1.165) is 6.54 Å². The molecule has 1 N–H and O–H groups in total. The van der Waals surface area contributed by atoms with Crippen LogP contribution >= 0.6 is 15.9 Å². The third-order valence-electron chi connectivity index (χ3n) is 4.63. The Balaban J connectivity index is 2.07. The molecule has 2 rings (SSSR count). The van der Waals surface area contributed by atoms with E-state index in [0.29, 0.717) is 11.5 Å². The van der Waals surface area contributed by atoms with Gasteiger partial charge in [0.05, 0.1) is 5.69 Å². The van der Waals surface area contributed by atoms with E-state index in [9.17, 15) is 0 Å². The number of halogens is 1. The standard InChI is InChI=1S/C17H27BrN2/c1-17(2)9-7-14(8-10-17)20(4)16-6-5-13(12-19-3)11-15(16)18/h5-6,11,14,19H,7-10,12H2,1-4H3. The van der Waals surface area contributed by atoms with Crippen LogP contribution in [0.15, 0.2) is 22.7 Å². The minimum Gasteiger partial charge on any atom is -0.371 e. The molecule has 1 aliphatic carbocycles. The number of nitrogens with zero attached hydrogens (tertiary/aromatic N) is 1. The third kappa shape index (κ3) is 3.76. The average molecular weight is 339 g/mol. The summed E-state index contributed by atoms with van der Waals surface area (Å²) in [6, 6.07) is 7.38. The first-order chi connectivity index (χ1) is 9.43. The van der Waals surface area contributed by atoms with Crippen LogP contribution < -0.4 is 10.2 Å². The molecule has 1 aromatic rings. The second kappa shape index (κ2) is 6.48. The largest absolute Gasteiger partial charge is 0.371 e. The number of nitrogens with one attached hydrogen (secondary N) is 1. The molecule has 0 aromatic heterocycles. The smallest absolute Gasteiger partial charge is 0.0510 e. The molecule has 20 heavy (non-hydrogen) atoms. The lowest BCUT2D eigenvalue weighted by molar-refractivity contribution is 0.222. The Hall–Kier alpha value is -0.540. The summed E-state index contributed by atoms with van der Waals surface area (Å²) in [5, 5.41) is 3.20. The van der Waals surface area contributed by atoms with Crippen molar-refractivity contribution < 1.29 is 0 Å². The Bertz CT molecular complexity index is 446. The summed E-state index contributed by atoms with van der Waals surface area (Å²) < 4.78 is 1.21. The van der Waals surface area contributed by atoms with E-state index < -0.39 is 0 Å². The van der Waals surface area contributed by atoms with Gasteiger partial charge in [0.15, 0.2) is 0 Å². The van der Waals surface area contributed by atoms with Crippen molar-refractivity contribution in [1.82, 2.24) is 5.32 Å². The molecule has 1 saturated carbocycles. The second-order valence-corrected chi connectivity index (χ2v) is 7.68. The zero-order valence-electron chi connectivity index (χ0n) is 13.2. The highest BCUT2D eigenvalue weighted by molar-refractivity contribution is 9.10. The molecule has 1 aromatic carbocycles. The highest BCUT2D eigenvalue weighted by Gasteiger charge is 2.29. The summed E-state index contributed by atoms with van der Waals surface area (Å²) >= 11 is 3.74. The summed E-state index contributed by atoms with van der Waals surface area (Å²) in [5.74, 6) is 0. The maximum atomic E-state index is 3.74. The molecule has 0 bridgehead atoms. The lowest BCUT2D eigenvalue weighted by atomic mass is 9.75. The molecule has 1 aliphatic rings. The highest BCUT2D eigenvalue weighted by atomic mass is 79.9. The molecular weight excluding hydrogens is 312 g/mol. The molecule has 1 fully saturated rings. The highest BCUT2D eigenvalue weighted by Crippen LogP contribution is 2.39. The van der Waals surface area contributed by atoms with Gasteiger partial charge in [-0.05, 0) is 71.8 Å². The summed E-state index contributed by atoms with van der Waals surface area (Å²) in [7, 11) is 4.22. The first-order valence-corrected chi connectivity index (χ1v) is 8.38. The molecule has 0 amide bonds. The maximum absolute atomic E-state index is 3.74. The minimum absolute atomic E-state index is 0.533. The Morgan fingerprint density at radius 3 is 2.50 bits per heavy atom. The van der Waals surface area contributed by atoms with Gasteiger partial charge in [0.1, 0.15) is 0 Å². The summed E-state index contributed by atoms with van der Waals surface area (Å²) in [5.41, 5.74) is 3.17. The van der Waals surface area contributed by atoms with Crippen molar-refractivity contribution in [3.8, 4) is 0 Å². The minimum atomic E-state index is 0.533. The van der Waals surface area contributed by atoms with Crippen LogP contribution in [0.4, 0.5) is 5.69 Å². The molecule has 112 valence electrons. The van der Waals surface area contributed by atoms with Gasteiger partial charge in [-0.15, -0.1) is 0 Å². The zero-order chi connectivity index (χ0) is 14.8. The van der Waals surface area contributed by atoms with Gasteiger partial charge in [-0.3, -0.25) is 0 Å².